The van der Waals surface area contributed by atoms with Gasteiger partial charge in [-0.1, -0.05) is 6.92 Å². The maximum absolute atomic E-state index is 13.0. The van der Waals surface area contributed by atoms with Gasteiger partial charge in [0.15, 0.2) is 5.78 Å². The number of nitrogens with zero attached hydrogens (tertiary/aromatic N) is 3. The number of aromatic nitrogens is 2. The van der Waals surface area contributed by atoms with Gasteiger partial charge in [0.1, 0.15) is 11.6 Å². The van der Waals surface area contributed by atoms with Crippen molar-refractivity contribution in [1.82, 2.24) is 14.7 Å². The fraction of sp³-hybridized carbons (Fsp3) is 0.722. The highest BCUT2D eigenvalue weighted by atomic mass is 79.9. The minimum Gasteiger partial charge on any atom is -0.444 e. The molecule has 26 heavy (non-hydrogen) atoms. The molecule has 8 heteroatoms. The molecule has 2 heterocycles. The van der Waals surface area contributed by atoms with Crippen molar-refractivity contribution in [3.63, 3.8) is 0 Å². The van der Waals surface area contributed by atoms with E-state index in [0.29, 0.717) is 19.7 Å². The zero-order valence-corrected chi connectivity index (χ0v) is 17.8. The fourth-order valence-corrected chi connectivity index (χ4v) is 3.58. The molecule has 0 bridgehead atoms. The van der Waals surface area contributed by atoms with Crippen molar-refractivity contribution >= 4 is 27.8 Å². The van der Waals surface area contributed by atoms with E-state index in [2.05, 4.69) is 21.0 Å². The molecule has 146 valence electrons. The van der Waals surface area contributed by atoms with E-state index in [9.17, 15) is 9.59 Å². The van der Waals surface area contributed by atoms with E-state index in [4.69, 9.17) is 9.47 Å². The number of rotatable bonds is 5. The first-order valence-electron chi connectivity index (χ1n) is 9.02. The van der Waals surface area contributed by atoms with Crippen molar-refractivity contribution in [1.29, 1.82) is 0 Å². The molecule has 1 unspecified atom stereocenters. The minimum absolute atomic E-state index is 0.0755. The van der Waals surface area contributed by atoms with E-state index in [1.54, 1.807) is 0 Å². The summed E-state index contributed by atoms with van der Waals surface area (Å²) in [7, 11) is 0. The van der Waals surface area contributed by atoms with Crippen LogP contribution in [0.2, 0.25) is 0 Å². The molecular weight excluding hydrogens is 402 g/mol. The number of aryl methyl sites for hydroxylation is 2. The Labute approximate surface area is 163 Å². The Morgan fingerprint density at radius 3 is 2.62 bits per heavy atom. The van der Waals surface area contributed by atoms with Gasteiger partial charge in [-0.3, -0.25) is 14.4 Å². The molecule has 7 nitrogen and oxygen atoms in total. The number of ketones is 1. The molecule has 1 amide bonds. The third-order valence-electron chi connectivity index (χ3n) is 4.16. The van der Waals surface area contributed by atoms with Crippen LogP contribution in [0.3, 0.4) is 0 Å². The highest BCUT2D eigenvalue weighted by molar-refractivity contribution is 9.10. The predicted molar refractivity (Wildman–Crippen MR) is 101 cm³/mol. The van der Waals surface area contributed by atoms with Crippen LogP contribution in [0.25, 0.3) is 0 Å². The molecule has 1 aliphatic heterocycles. The molecule has 1 aromatic rings. The molecule has 0 N–H and O–H groups in total. The van der Waals surface area contributed by atoms with Crippen LogP contribution in [0.4, 0.5) is 4.79 Å². The molecule has 0 spiro atoms. The summed E-state index contributed by atoms with van der Waals surface area (Å²) >= 11 is 3.57. The van der Waals surface area contributed by atoms with Gasteiger partial charge in [-0.25, -0.2) is 4.79 Å². The number of Topliss-reactive ketones (excluding diaryl/α,β-unsaturated/α-hetero) is 1. The molecular formula is C18H28BrN3O4. The lowest BCUT2D eigenvalue weighted by Crippen LogP contribution is -2.54. The van der Waals surface area contributed by atoms with Crippen LogP contribution >= 0.6 is 15.9 Å². The summed E-state index contributed by atoms with van der Waals surface area (Å²) in [4.78, 5) is 26.9. The van der Waals surface area contributed by atoms with Gasteiger partial charge < -0.3 is 9.47 Å². The highest BCUT2D eigenvalue weighted by Gasteiger charge is 2.36. The lowest BCUT2D eigenvalue weighted by atomic mass is 10.1. The van der Waals surface area contributed by atoms with Gasteiger partial charge in [-0.15, -0.1) is 0 Å². The second kappa shape index (κ2) is 8.52. The molecule has 2 rings (SSSR count). The number of halogens is 1. The van der Waals surface area contributed by atoms with E-state index in [1.807, 2.05) is 39.3 Å². The van der Waals surface area contributed by atoms with E-state index in [0.717, 1.165) is 22.3 Å². The Morgan fingerprint density at radius 2 is 2.04 bits per heavy atom. The summed E-state index contributed by atoms with van der Waals surface area (Å²) in [6, 6.07) is -0.643. The van der Waals surface area contributed by atoms with E-state index < -0.39 is 17.7 Å². The lowest BCUT2D eigenvalue weighted by Gasteiger charge is -2.35. The quantitative estimate of drug-likeness (QED) is 0.718. The maximum atomic E-state index is 13.0. The minimum atomic E-state index is -0.643. The molecule has 0 aromatic carbocycles. The SMILES string of the molecule is CCc1nn(CC)c(CC(=O)C2COCCN2C(=O)OC(C)(C)C)c1Br. The van der Waals surface area contributed by atoms with Crippen molar-refractivity contribution in [3.05, 3.63) is 15.9 Å². The Kier molecular flexibility index (Phi) is 6.85. The standard InChI is InChI=1S/C18H28BrN3O4/c1-6-12-16(19)13(22(7-2)20-12)10-15(23)14-11-25-9-8-21(14)17(24)26-18(3,4)5/h14H,6-11H2,1-5H3. The normalized spacial score (nSPS) is 18.1. The topological polar surface area (TPSA) is 73.7 Å². The maximum Gasteiger partial charge on any atom is 0.411 e. The van der Waals surface area contributed by atoms with Crippen LogP contribution in [0, 0.1) is 0 Å². The van der Waals surface area contributed by atoms with Crippen LogP contribution in [0.1, 0.15) is 46.0 Å². The molecule has 1 fully saturated rings. The summed E-state index contributed by atoms with van der Waals surface area (Å²) in [5, 5.41) is 4.53. The third-order valence-corrected chi connectivity index (χ3v) is 5.08. The van der Waals surface area contributed by atoms with Gasteiger partial charge >= 0.3 is 6.09 Å². The monoisotopic (exact) mass is 429 g/mol. The van der Waals surface area contributed by atoms with E-state index in [1.165, 1.54) is 4.90 Å². The zero-order chi connectivity index (χ0) is 19.5. The number of hydrogen-bond acceptors (Lipinski definition) is 5. The van der Waals surface area contributed by atoms with Gasteiger partial charge in [0, 0.05) is 13.1 Å². The summed E-state index contributed by atoms with van der Waals surface area (Å²) < 4.78 is 13.6. The molecule has 0 radical (unpaired) electrons. The second-order valence-electron chi connectivity index (χ2n) is 7.28. The molecule has 0 aliphatic carbocycles. The van der Waals surface area contributed by atoms with Crippen LogP contribution in [-0.4, -0.2) is 58.0 Å². The van der Waals surface area contributed by atoms with Crippen LogP contribution < -0.4 is 0 Å². The van der Waals surface area contributed by atoms with Gasteiger partial charge in [0.25, 0.3) is 0 Å². The van der Waals surface area contributed by atoms with Gasteiger partial charge in [-0.05, 0) is 50.0 Å². The average Bonchev–Trinajstić information content (AvgIpc) is 2.88. The first-order chi connectivity index (χ1) is 12.2. The second-order valence-corrected chi connectivity index (χ2v) is 8.08. The van der Waals surface area contributed by atoms with Gasteiger partial charge in [0.2, 0.25) is 0 Å². The Morgan fingerprint density at radius 1 is 1.35 bits per heavy atom. The van der Waals surface area contributed by atoms with Crippen molar-refractivity contribution in [2.24, 2.45) is 0 Å². The zero-order valence-electron chi connectivity index (χ0n) is 16.2. The Hall–Kier alpha value is -1.41. The molecule has 1 atom stereocenters. The number of carbonyl (C=O) groups excluding carboxylic acids is 2. The lowest BCUT2D eigenvalue weighted by molar-refractivity contribution is -0.129. The number of morpholine rings is 1. The number of carbonyl (C=O) groups is 2. The number of ether oxygens (including phenoxy) is 2. The van der Waals surface area contributed by atoms with E-state index >= 15 is 0 Å². The van der Waals surface area contributed by atoms with Crippen LogP contribution in [0.15, 0.2) is 4.47 Å². The van der Waals surface area contributed by atoms with Crippen molar-refractivity contribution < 1.29 is 19.1 Å². The summed E-state index contributed by atoms with van der Waals surface area (Å²) in [5.41, 5.74) is 1.16. The molecule has 1 saturated heterocycles. The highest BCUT2D eigenvalue weighted by Crippen LogP contribution is 2.24. The average molecular weight is 430 g/mol. The van der Waals surface area contributed by atoms with E-state index in [-0.39, 0.29) is 18.8 Å². The van der Waals surface area contributed by atoms with Crippen LogP contribution in [-0.2, 0) is 33.7 Å². The molecule has 1 aromatic heterocycles. The third kappa shape index (κ3) is 4.85. The first-order valence-corrected chi connectivity index (χ1v) is 9.81. The van der Waals surface area contributed by atoms with Crippen LogP contribution in [0.5, 0.6) is 0 Å². The predicted octanol–water partition coefficient (Wildman–Crippen LogP) is 2.98. The van der Waals surface area contributed by atoms with Crippen molar-refractivity contribution in [2.75, 3.05) is 19.8 Å². The fourth-order valence-electron chi connectivity index (χ4n) is 2.88. The first kappa shape index (κ1) is 20.9. The Balaban J connectivity index is 2.19. The largest absolute Gasteiger partial charge is 0.444 e. The van der Waals surface area contributed by atoms with Gasteiger partial charge in [0.05, 0.1) is 35.5 Å². The van der Waals surface area contributed by atoms with Gasteiger partial charge in [-0.2, -0.15) is 5.10 Å². The summed E-state index contributed by atoms with van der Waals surface area (Å²) in [5.74, 6) is -0.0755. The number of amides is 1. The smallest absolute Gasteiger partial charge is 0.411 e. The Bertz CT molecular complexity index is 666. The molecule has 1 aliphatic rings. The molecule has 0 saturated carbocycles. The summed E-state index contributed by atoms with van der Waals surface area (Å²) in [6.07, 6.45) is 0.497. The van der Waals surface area contributed by atoms with Crippen molar-refractivity contribution in [2.45, 2.75) is 65.6 Å². The number of hydrogen-bond donors (Lipinski definition) is 0. The summed E-state index contributed by atoms with van der Waals surface area (Å²) in [6.45, 7) is 11.1. The van der Waals surface area contributed by atoms with Crippen molar-refractivity contribution in [3.8, 4) is 0 Å².